The molecule has 2 N–H and O–H groups in total. The molecule has 2 unspecified atom stereocenters. The standard InChI is InChI=1S/C30H50O2/c1-19(2)10-9-11-20(3)21-12-16-30(8)26(21)22(31)18-24-28(6)15-14-25(32)27(4,5)23(28)13-17-29(24,30)7/h14,19,21-24,26,31-32H,3,9-13,15-18H2,1-2,4-8H3/t21-,22?,23?,24-,26+,28+,29-,30+/m1/s1. The van der Waals surface area contributed by atoms with Gasteiger partial charge in [0.05, 0.1) is 11.9 Å². The summed E-state index contributed by atoms with van der Waals surface area (Å²) in [5.41, 5.74) is 1.80. The second-order valence-electron chi connectivity index (χ2n) is 13.9. The summed E-state index contributed by atoms with van der Waals surface area (Å²) >= 11 is 0. The average molecular weight is 443 g/mol. The van der Waals surface area contributed by atoms with Crippen molar-refractivity contribution in [3.05, 3.63) is 24.0 Å². The quantitative estimate of drug-likeness (QED) is 0.422. The first kappa shape index (κ1) is 24.4. The van der Waals surface area contributed by atoms with E-state index in [1.54, 1.807) is 0 Å². The van der Waals surface area contributed by atoms with Crippen molar-refractivity contribution in [1.29, 1.82) is 0 Å². The van der Waals surface area contributed by atoms with Crippen molar-refractivity contribution in [2.45, 2.75) is 112 Å². The van der Waals surface area contributed by atoms with Crippen molar-refractivity contribution >= 4 is 0 Å². The molecule has 0 aromatic carbocycles. The molecular weight excluding hydrogens is 392 g/mol. The van der Waals surface area contributed by atoms with E-state index in [-0.39, 0.29) is 27.8 Å². The van der Waals surface area contributed by atoms with E-state index in [4.69, 9.17) is 0 Å². The third-order valence-corrected chi connectivity index (χ3v) is 11.7. The van der Waals surface area contributed by atoms with Crippen LogP contribution in [0.5, 0.6) is 0 Å². The van der Waals surface area contributed by atoms with Crippen molar-refractivity contribution in [3.8, 4) is 0 Å². The van der Waals surface area contributed by atoms with Gasteiger partial charge < -0.3 is 10.2 Å². The predicted octanol–water partition coefficient (Wildman–Crippen LogP) is 8.08. The number of fused-ring (bicyclic) bond motifs is 5. The molecule has 2 heteroatoms. The molecule has 0 aromatic heterocycles. The van der Waals surface area contributed by atoms with Gasteiger partial charge in [0, 0.05) is 5.41 Å². The van der Waals surface area contributed by atoms with E-state index in [2.05, 4.69) is 61.1 Å². The second kappa shape index (κ2) is 7.89. The zero-order chi connectivity index (χ0) is 23.7. The highest BCUT2D eigenvalue weighted by Gasteiger charge is 2.69. The Kier molecular flexibility index (Phi) is 6.01. The molecule has 0 aromatic rings. The first-order chi connectivity index (χ1) is 14.8. The van der Waals surface area contributed by atoms with E-state index < -0.39 is 0 Å². The topological polar surface area (TPSA) is 40.5 Å². The molecule has 4 aliphatic carbocycles. The number of allylic oxidation sites excluding steroid dienone is 3. The molecule has 2 nitrogen and oxygen atoms in total. The third-order valence-electron chi connectivity index (χ3n) is 11.7. The molecular formula is C30H50O2. The minimum atomic E-state index is -0.231. The minimum absolute atomic E-state index is 0.143. The van der Waals surface area contributed by atoms with E-state index in [0.717, 1.165) is 25.2 Å². The molecule has 4 rings (SSSR count). The van der Waals surface area contributed by atoms with Crippen LogP contribution in [0.1, 0.15) is 106 Å². The third kappa shape index (κ3) is 3.29. The lowest BCUT2D eigenvalue weighted by molar-refractivity contribution is -0.218. The van der Waals surface area contributed by atoms with Crippen LogP contribution in [0.3, 0.4) is 0 Å². The molecule has 0 spiro atoms. The molecule has 3 fully saturated rings. The number of aliphatic hydroxyl groups is 2. The molecule has 0 heterocycles. The maximum absolute atomic E-state index is 11.7. The lowest BCUT2D eigenvalue weighted by Gasteiger charge is -2.69. The molecule has 0 bridgehead atoms. The maximum Gasteiger partial charge on any atom is 0.0942 e. The zero-order valence-corrected chi connectivity index (χ0v) is 22.0. The van der Waals surface area contributed by atoms with Gasteiger partial charge in [-0.15, -0.1) is 0 Å². The molecule has 182 valence electrons. The van der Waals surface area contributed by atoms with Crippen LogP contribution < -0.4 is 0 Å². The van der Waals surface area contributed by atoms with Gasteiger partial charge in [-0.2, -0.15) is 0 Å². The van der Waals surface area contributed by atoms with Gasteiger partial charge in [-0.25, -0.2) is 0 Å². The SMILES string of the molecule is C=C(CCCC(C)C)[C@H]1CC[C@@]2(C)[C@@H]1C(O)C[C@@H]1[C@@]3(C)CC=C(O)C(C)(C)C3CC[C@]12C. The van der Waals surface area contributed by atoms with E-state index in [0.29, 0.717) is 29.4 Å². The summed E-state index contributed by atoms with van der Waals surface area (Å²) in [5, 5.41) is 22.4. The highest BCUT2D eigenvalue weighted by atomic mass is 16.3. The summed E-state index contributed by atoms with van der Waals surface area (Å²) in [4.78, 5) is 0. The van der Waals surface area contributed by atoms with E-state index >= 15 is 0 Å². The lowest BCUT2D eigenvalue weighted by atomic mass is 9.36. The van der Waals surface area contributed by atoms with Gasteiger partial charge in [-0.1, -0.05) is 67.0 Å². The lowest BCUT2D eigenvalue weighted by Crippen LogP contribution is -2.64. The fourth-order valence-electron chi connectivity index (χ4n) is 9.73. The van der Waals surface area contributed by atoms with Crippen molar-refractivity contribution in [3.63, 3.8) is 0 Å². The van der Waals surface area contributed by atoms with Crippen molar-refractivity contribution in [2.75, 3.05) is 0 Å². The molecule has 32 heavy (non-hydrogen) atoms. The van der Waals surface area contributed by atoms with Crippen LogP contribution >= 0.6 is 0 Å². The maximum atomic E-state index is 11.7. The molecule has 8 atom stereocenters. The smallest absolute Gasteiger partial charge is 0.0942 e. The molecule has 0 radical (unpaired) electrons. The van der Waals surface area contributed by atoms with Crippen LogP contribution in [-0.2, 0) is 0 Å². The molecule has 0 aliphatic heterocycles. The number of rotatable bonds is 5. The summed E-state index contributed by atoms with van der Waals surface area (Å²) in [6.45, 7) is 21.2. The number of hydrogen-bond acceptors (Lipinski definition) is 2. The first-order valence-corrected chi connectivity index (χ1v) is 13.5. The summed E-state index contributed by atoms with van der Waals surface area (Å²) in [5.74, 6) is 3.16. The Morgan fingerprint density at radius 2 is 1.72 bits per heavy atom. The predicted molar refractivity (Wildman–Crippen MR) is 134 cm³/mol. The molecule has 0 amide bonds. The van der Waals surface area contributed by atoms with Crippen molar-refractivity contribution in [2.24, 2.45) is 51.2 Å². The van der Waals surface area contributed by atoms with Gasteiger partial charge in [-0.3, -0.25) is 0 Å². The molecule has 4 aliphatic rings. The summed E-state index contributed by atoms with van der Waals surface area (Å²) in [7, 11) is 0. The normalized spacial score (nSPS) is 47.4. The van der Waals surface area contributed by atoms with Gasteiger partial charge in [0.15, 0.2) is 0 Å². The Labute approximate surface area is 198 Å². The van der Waals surface area contributed by atoms with Gasteiger partial charge in [0.1, 0.15) is 0 Å². The molecule has 3 saturated carbocycles. The number of aliphatic hydroxyl groups excluding tert-OH is 2. The summed E-state index contributed by atoms with van der Waals surface area (Å²) < 4.78 is 0. The highest BCUT2D eigenvalue weighted by molar-refractivity contribution is 5.25. The van der Waals surface area contributed by atoms with E-state index in [1.165, 1.54) is 44.1 Å². The van der Waals surface area contributed by atoms with E-state index in [1.807, 2.05) is 0 Å². The Hall–Kier alpha value is -0.760. The Morgan fingerprint density at radius 3 is 2.38 bits per heavy atom. The van der Waals surface area contributed by atoms with Crippen LogP contribution in [0.25, 0.3) is 0 Å². The summed E-state index contributed by atoms with van der Waals surface area (Å²) in [6, 6.07) is 0. The van der Waals surface area contributed by atoms with Crippen LogP contribution in [0.15, 0.2) is 24.0 Å². The first-order valence-electron chi connectivity index (χ1n) is 13.5. The Balaban J connectivity index is 1.63. The zero-order valence-electron chi connectivity index (χ0n) is 22.0. The van der Waals surface area contributed by atoms with Gasteiger partial charge >= 0.3 is 0 Å². The number of hydrogen-bond donors (Lipinski definition) is 2. The fourth-order valence-corrected chi connectivity index (χ4v) is 9.73. The second-order valence-corrected chi connectivity index (χ2v) is 13.9. The van der Waals surface area contributed by atoms with Gasteiger partial charge in [0.2, 0.25) is 0 Å². The van der Waals surface area contributed by atoms with Crippen molar-refractivity contribution < 1.29 is 10.2 Å². The van der Waals surface area contributed by atoms with Crippen LogP contribution in [-0.4, -0.2) is 16.3 Å². The molecule has 0 saturated heterocycles. The van der Waals surface area contributed by atoms with Crippen LogP contribution in [0.2, 0.25) is 0 Å². The Morgan fingerprint density at radius 1 is 1.06 bits per heavy atom. The van der Waals surface area contributed by atoms with Crippen LogP contribution in [0.4, 0.5) is 0 Å². The van der Waals surface area contributed by atoms with Gasteiger partial charge in [0.25, 0.3) is 0 Å². The minimum Gasteiger partial charge on any atom is -0.512 e. The highest BCUT2D eigenvalue weighted by Crippen LogP contribution is 2.75. The van der Waals surface area contributed by atoms with E-state index in [9.17, 15) is 10.2 Å². The van der Waals surface area contributed by atoms with Crippen molar-refractivity contribution in [1.82, 2.24) is 0 Å². The Bertz CT molecular complexity index is 778. The fraction of sp³-hybridized carbons (Fsp3) is 0.867. The van der Waals surface area contributed by atoms with Gasteiger partial charge in [-0.05, 0) is 103 Å². The average Bonchev–Trinajstić information content (AvgIpc) is 3.07. The summed E-state index contributed by atoms with van der Waals surface area (Å²) in [6.07, 6.45) is 12.2. The monoisotopic (exact) mass is 442 g/mol. The van der Waals surface area contributed by atoms with Crippen LogP contribution in [0, 0.1) is 51.2 Å². The largest absolute Gasteiger partial charge is 0.512 e.